The molecule has 2 aliphatic heterocycles. The Balaban J connectivity index is 1.79. The van der Waals surface area contributed by atoms with E-state index in [0.29, 0.717) is 17.5 Å². The molecule has 0 bridgehead atoms. The zero-order valence-corrected chi connectivity index (χ0v) is 13.5. The lowest BCUT2D eigenvalue weighted by Crippen LogP contribution is -2.39. The summed E-state index contributed by atoms with van der Waals surface area (Å²) in [5, 5.41) is 3.25. The Hall–Kier alpha value is -0.950. The number of rotatable bonds is 4. The Labute approximate surface area is 127 Å². The van der Waals surface area contributed by atoms with Gasteiger partial charge in [0.2, 0.25) is 10.0 Å². The molecule has 6 heteroatoms. The predicted octanol–water partition coefficient (Wildman–Crippen LogP) is 1.00. The van der Waals surface area contributed by atoms with Crippen LogP contribution in [0.15, 0.2) is 23.1 Å². The molecule has 1 aromatic carbocycles. The molecule has 1 fully saturated rings. The number of likely N-dealkylation sites (N-methyl/N-ethyl adjacent to an activating group) is 2. The summed E-state index contributed by atoms with van der Waals surface area (Å²) >= 11 is 0. The normalized spacial score (nSPS) is 22.9. The van der Waals surface area contributed by atoms with Gasteiger partial charge in [-0.1, -0.05) is 6.07 Å². The van der Waals surface area contributed by atoms with Crippen molar-refractivity contribution in [2.45, 2.75) is 36.9 Å². The summed E-state index contributed by atoms with van der Waals surface area (Å²) in [5.74, 6) is 0. The summed E-state index contributed by atoms with van der Waals surface area (Å²) in [6.45, 7) is 3.21. The number of fused-ring (bicyclic) bond motifs is 1. The van der Waals surface area contributed by atoms with Gasteiger partial charge in [0, 0.05) is 32.7 Å². The van der Waals surface area contributed by atoms with Crippen molar-refractivity contribution in [1.29, 1.82) is 0 Å². The van der Waals surface area contributed by atoms with Crippen LogP contribution >= 0.6 is 0 Å². The van der Waals surface area contributed by atoms with Crippen molar-refractivity contribution in [3.63, 3.8) is 0 Å². The highest BCUT2D eigenvalue weighted by Gasteiger charge is 2.28. The first-order chi connectivity index (χ1) is 9.98. The summed E-state index contributed by atoms with van der Waals surface area (Å²) in [6, 6.07) is 5.81. The molecule has 116 valence electrons. The van der Waals surface area contributed by atoms with E-state index in [0.717, 1.165) is 38.0 Å². The van der Waals surface area contributed by atoms with Gasteiger partial charge < -0.3 is 10.2 Å². The first-order valence-corrected chi connectivity index (χ1v) is 8.91. The van der Waals surface area contributed by atoms with E-state index in [-0.39, 0.29) is 0 Å². The molecule has 1 saturated heterocycles. The van der Waals surface area contributed by atoms with Crippen LogP contribution in [0.5, 0.6) is 0 Å². The van der Waals surface area contributed by atoms with Crippen molar-refractivity contribution < 1.29 is 8.42 Å². The average Bonchev–Trinajstić information content (AvgIpc) is 3.07. The van der Waals surface area contributed by atoms with Crippen molar-refractivity contribution in [3.05, 3.63) is 29.3 Å². The first-order valence-electron chi connectivity index (χ1n) is 7.47. The van der Waals surface area contributed by atoms with Crippen molar-refractivity contribution in [2.75, 3.05) is 27.2 Å². The minimum Gasteiger partial charge on any atom is -0.309 e. The summed E-state index contributed by atoms with van der Waals surface area (Å²) in [7, 11) is 0.364. The quantitative estimate of drug-likeness (QED) is 0.902. The molecule has 0 amide bonds. The largest absolute Gasteiger partial charge is 0.309 e. The molecule has 1 aromatic rings. The third-order valence-corrected chi connectivity index (χ3v) is 6.48. The van der Waals surface area contributed by atoms with E-state index in [9.17, 15) is 8.42 Å². The number of benzene rings is 1. The number of sulfonamides is 1. The number of hydrogen-bond acceptors (Lipinski definition) is 4. The van der Waals surface area contributed by atoms with Gasteiger partial charge in [0.25, 0.3) is 0 Å². The molecular weight excluding hydrogens is 286 g/mol. The molecule has 0 spiro atoms. The molecule has 2 aliphatic rings. The van der Waals surface area contributed by atoms with Gasteiger partial charge >= 0.3 is 0 Å². The van der Waals surface area contributed by atoms with Crippen molar-refractivity contribution in [2.24, 2.45) is 0 Å². The zero-order chi connectivity index (χ0) is 15.0. The fraction of sp³-hybridized carbons (Fsp3) is 0.600. The summed E-state index contributed by atoms with van der Waals surface area (Å²) in [5.41, 5.74) is 2.30. The lowest BCUT2D eigenvalue weighted by molar-refractivity contribution is 0.271. The molecule has 3 rings (SSSR count). The number of hydrogen-bond donors (Lipinski definition) is 1. The monoisotopic (exact) mass is 309 g/mol. The molecule has 5 nitrogen and oxygen atoms in total. The van der Waals surface area contributed by atoms with Crippen LogP contribution in [0.1, 0.15) is 24.0 Å². The fourth-order valence-corrected chi connectivity index (χ4v) is 4.48. The highest BCUT2D eigenvalue weighted by atomic mass is 32.2. The van der Waals surface area contributed by atoms with Gasteiger partial charge in [0.05, 0.1) is 4.90 Å². The van der Waals surface area contributed by atoms with Crippen LogP contribution in [0, 0.1) is 0 Å². The smallest absolute Gasteiger partial charge is 0.242 e. The third-order valence-electron chi connectivity index (χ3n) is 4.66. The van der Waals surface area contributed by atoms with E-state index in [1.54, 1.807) is 13.1 Å². The molecule has 0 aromatic heterocycles. The molecule has 0 radical (unpaired) electrons. The Bertz CT molecular complexity index is 630. The number of nitrogens with zero attached hydrogens (tertiary/aromatic N) is 2. The standard InChI is InChI=1S/C15H23N3O2S/c1-17-7-3-4-14(17)11-18(2)21(19,20)15-6-5-12-9-16-10-13(12)8-15/h5-6,8,14,16H,3-4,7,9-11H2,1-2H3. The van der Waals surface area contributed by atoms with Crippen LogP contribution in [0.4, 0.5) is 0 Å². The highest BCUT2D eigenvalue weighted by molar-refractivity contribution is 7.89. The van der Waals surface area contributed by atoms with E-state index >= 15 is 0 Å². The molecule has 1 atom stereocenters. The Kier molecular flexibility index (Phi) is 4.05. The van der Waals surface area contributed by atoms with E-state index in [2.05, 4.69) is 17.3 Å². The van der Waals surface area contributed by atoms with Gasteiger partial charge in [-0.25, -0.2) is 8.42 Å². The lowest BCUT2D eigenvalue weighted by Gasteiger charge is -2.25. The minimum absolute atomic E-state index is 0.334. The lowest BCUT2D eigenvalue weighted by atomic mass is 10.1. The average molecular weight is 309 g/mol. The molecule has 0 aliphatic carbocycles. The maximum Gasteiger partial charge on any atom is 0.242 e. The first kappa shape index (κ1) is 15.0. The molecule has 0 saturated carbocycles. The molecular formula is C15H23N3O2S. The van der Waals surface area contributed by atoms with Gasteiger partial charge in [0.1, 0.15) is 0 Å². The summed E-state index contributed by atoms with van der Waals surface area (Å²) in [6.07, 6.45) is 2.23. The Morgan fingerprint density at radius 2 is 2.10 bits per heavy atom. The van der Waals surface area contributed by atoms with Crippen LogP contribution in [0.25, 0.3) is 0 Å². The fourth-order valence-electron chi connectivity index (χ4n) is 3.22. The number of likely N-dealkylation sites (tertiary alicyclic amines) is 1. The highest BCUT2D eigenvalue weighted by Crippen LogP contribution is 2.23. The number of nitrogens with one attached hydrogen (secondary N) is 1. The topological polar surface area (TPSA) is 52.7 Å². The van der Waals surface area contributed by atoms with E-state index < -0.39 is 10.0 Å². The Morgan fingerprint density at radius 1 is 1.33 bits per heavy atom. The maximum absolute atomic E-state index is 12.7. The maximum atomic E-state index is 12.7. The van der Waals surface area contributed by atoms with Gasteiger partial charge in [-0.15, -0.1) is 0 Å². The van der Waals surface area contributed by atoms with E-state index in [1.807, 2.05) is 12.1 Å². The second kappa shape index (κ2) is 5.68. The molecule has 2 heterocycles. The van der Waals surface area contributed by atoms with Gasteiger partial charge in [-0.2, -0.15) is 4.31 Å². The predicted molar refractivity (Wildman–Crippen MR) is 82.5 cm³/mol. The van der Waals surface area contributed by atoms with Crippen LogP contribution in [0.2, 0.25) is 0 Å². The third kappa shape index (κ3) is 2.85. The van der Waals surface area contributed by atoms with Gasteiger partial charge in [0.15, 0.2) is 0 Å². The SMILES string of the molecule is CN1CCCC1CN(C)S(=O)(=O)c1ccc2c(c1)CNC2. The van der Waals surface area contributed by atoms with Crippen molar-refractivity contribution in [1.82, 2.24) is 14.5 Å². The summed E-state index contributed by atoms with van der Waals surface area (Å²) in [4.78, 5) is 2.66. The minimum atomic E-state index is -3.39. The van der Waals surface area contributed by atoms with Crippen LogP contribution in [0.3, 0.4) is 0 Å². The van der Waals surface area contributed by atoms with E-state index in [4.69, 9.17) is 0 Å². The van der Waals surface area contributed by atoms with Gasteiger partial charge in [-0.3, -0.25) is 0 Å². The van der Waals surface area contributed by atoms with Crippen LogP contribution in [-0.2, 0) is 23.1 Å². The molecule has 1 unspecified atom stereocenters. The molecule has 21 heavy (non-hydrogen) atoms. The second-order valence-corrected chi connectivity index (χ2v) is 8.14. The van der Waals surface area contributed by atoms with Gasteiger partial charge in [-0.05, 0) is 49.7 Å². The zero-order valence-electron chi connectivity index (χ0n) is 12.7. The van der Waals surface area contributed by atoms with E-state index in [1.165, 1.54) is 9.87 Å². The van der Waals surface area contributed by atoms with Crippen LogP contribution in [-0.4, -0.2) is 50.8 Å². The van der Waals surface area contributed by atoms with Crippen molar-refractivity contribution in [3.8, 4) is 0 Å². The second-order valence-electron chi connectivity index (χ2n) is 6.10. The van der Waals surface area contributed by atoms with Crippen LogP contribution < -0.4 is 5.32 Å². The Morgan fingerprint density at radius 3 is 2.81 bits per heavy atom. The molecule has 1 N–H and O–H groups in total. The van der Waals surface area contributed by atoms with Crippen molar-refractivity contribution >= 4 is 10.0 Å². The summed E-state index contributed by atoms with van der Waals surface area (Å²) < 4.78 is 26.9.